The Balaban J connectivity index is 1.37. The standard InChI is InChI=1S/C44H35N3O/c1-27(2)36-24-33(32-20-18-31(19-21-32)30-11-6-5-7-12-30)25-37(28(3)4)42(36)47-40-16-9-8-15-39(40)46-44(47)35-14-10-13-34-38-23-29(26-45)17-22-41(38)48-43(34)35/h5-25,27-28H,1-4H3. The highest BCUT2D eigenvalue weighted by Crippen LogP contribution is 2.42. The van der Waals surface area contributed by atoms with Gasteiger partial charge >= 0.3 is 0 Å². The number of fused-ring (bicyclic) bond motifs is 4. The van der Waals surface area contributed by atoms with Crippen molar-refractivity contribution in [3.8, 4) is 45.4 Å². The lowest BCUT2D eigenvalue weighted by Crippen LogP contribution is -2.09. The molecule has 0 radical (unpaired) electrons. The van der Waals surface area contributed by atoms with Gasteiger partial charge in [0.05, 0.1) is 33.9 Å². The Morgan fingerprint density at radius 3 is 1.96 bits per heavy atom. The van der Waals surface area contributed by atoms with Crippen LogP contribution >= 0.6 is 0 Å². The summed E-state index contributed by atoms with van der Waals surface area (Å²) in [5.74, 6) is 1.34. The smallest absolute Gasteiger partial charge is 0.149 e. The zero-order valence-corrected chi connectivity index (χ0v) is 27.5. The average molecular weight is 622 g/mol. The normalized spacial score (nSPS) is 11.7. The van der Waals surface area contributed by atoms with E-state index >= 15 is 0 Å². The van der Waals surface area contributed by atoms with Crippen LogP contribution in [0.5, 0.6) is 0 Å². The molecule has 0 aliphatic rings. The van der Waals surface area contributed by atoms with Crippen LogP contribution in [0.15, 0.2) is 132 Å². The van der Waals surface area contributed by atoms with Crippen LogP contribution in [0.3, 0.4) is 0 Å². The SMILES string of the molecule is CC(C)c1cc(-c2ccc(-c3ccccc3)cc2)cc(C(C)C)c1-n1c(-c2cccc3c2oc2ccc(C#N)cc23)nc2ccccc21. The summed E-state index contributed by atoms with van der Waals surface area (Å²) >= 11 is 0. The van der Waals surface area contributed by atoms with Crippen molar-refractivity contribution in [2.24, 2.45) is 0 Å². The topological polar surface area (TPSA) is 54.8 Å². The third-order valence-corrected chi connectivity index (χ3v) is 9.39. The fourth-order valence-electron chi connectivity index (χ4n) is 6.95. The minimum atomic E-state index is 0.251. The van der Waals surface area contributed by atoms with Crippen molar-refractivity contribution in [2.45, 2.75) is 39.5 Å². The maximum atomic E-state index is 9.58. The van der Waals surface area contributed by atoms with Gasteiger partial charge < -0.3 is 4.42 Å². The monoisotopic (exact) mass is 621 g/mol. The predicted molar refractivity (Wildman–Crippen MR) is 198 cm³/mol. The fraction of sp³-hybridized carbons (Fsp3) is 0.136. The third kappa shape index (κ3) is 4.87. The number of nitriles is 1. The largest absolute Gasteiger partial charge is 0.455 e. The second kappa shape index (κ2) is 11.7. The van der Waals surface area contributed by atoms with E-state index in [1.165, 1.54) is 39.1 Å². The van der Waals surface area contributed by atoms with E-state index in [4.69, 9.17) is 9.40 Å². The molecule has 0 aliphatic carbocycles. The van der Waals surface area contributed by atoms with Crippen molar-refractivity contribution in [1.29, 1.82) is 5.26 Å². The summed E-state index contributed by atoms with van der Waals surface area (Å²) in [5.41, 5.74) is 13.6. The summed E-state index contributed by atoms with van der Waals surface area (Å²) in [6.45, 7) is 9.10. The summed E-state index contributed by atoms with van der Waals surface area (Å²) in [7, 11) is 0. The van der Waals surface area contributed by atoms with E-state index in [1.54, 1.807) is 6.07 Å². The Hall–Kier alpha value is -5.92. The molecule has 232 valence electrons. The van der Waals surface area contributed by atoms with Crippen LogP contribution in [0.4, 0.5) is 0 Å². The first-order chi connectivity index (χ1) is 23.4. The number of imidazole rings is 1. The van der Waals surface area contributed by atoms with E-state index in [0.717, 1.165) is 44.4 Å². The van der Waals surface area contributed by atoms with Crippen LogP contribution in [-0.4, -0.2) is 9.55 Å². The summed E-state index contributed by atoms with van der Waals surface area (Å²) in [5, 5.41) is 11.5. The van der Waals surface area contributed by atoms with Gasteiger partial charge in [-0.15, -0.1) is 0 Å². The molecule has 0 unspecified atom stereocenters. The van der Waals surface area contributed by atoms with Crippen molar-refractivity contribution in [2.75, 3.05) is 0 Å². The minimum absolute atomic E-state index is 0.251. The van der Waals surface area contributed by atoms with Gasteiger partial charge in [0.1, 0.15) is 17.0 Å². The third-order valence-electron chi connectivity index (χ3n) is 9.39. The molecule has 8 aromatic rings. The predicted octanol–water partition coefficient (Wildman–Crippen LogP) is 12.0. The molecule has 4 heteroatoms. The number of furan rings is 1. The quantitative estimate of drug-likeness (QED) is 0.186. The summed E-state index contributed by atoms with van der Waals surface area (Å²) < 4.78 is 8.89. The molecule has 2 heterocycles. The van der Waals surface area contributed by atoms with Crippen LogP contribution in [0.2, 0.25) is 0 Å². The fourth-order valence-corrected chi connectivity index (χ4v) is 6.95. The number of hydrogen-bond donors (Lipinski definition) is 0. The highest BCUT2D eigenvalue weighted by molar-refractivity contribution is 6.10. The van der Waals surface area contributed by atoms with Gasteiger partial charge in [-0.05, 0) is 93.7 Å². The zero-order chi connectivity index (χ0) is 32.9. The molecule has 0 fully saturated rings. The second-order valence-corrected chi connectivity index (χ2v) is 13.1. The number of aromatic nitrogens is 2. The highest BCUT2D eigenvalue weighted by Gasteiger charge is 2.25. The molecular weight excluding hydrogens is 587 g/mol. The first kappa shape index (κ1) is 29.5. The van der Waals surface area contributed by atoms with Crippen LogP contribution < -0.4 is 0 Å². The molecular formula is C44H35N3O. The van der Waals surface area contributed by atoms with Crippen molar-refractivity contribution in [3.05, 3.63) is 144 Å². The molecule has 0 saturated heterocycles. The first-order valence-electron chi connectivity index (χ1n) is 16.6. The zero-order valence-electron chi connectivity index (χ0n) is 27.5. The Kier molecular flexibility index (Phi) is 7.19. The maximum absolute atomic E-state index is 9.58. The molecule has 0 aliphatic heterocycles. The Morgan fingerprint density at radius 1 is 0.625 bits per heavy atom. The molecule has 48 heavy (non-hydrogen) atoms. The summed E-state index contributed by atoms with van der Waals surface area (Å²) in [6.07, 6.45) is 0. The van der Waals surface area contributed by atoms with Gasteiger partial charge in [-0.2, -0.15) is 5.26 Å². The van der Waals surface area contributed by atoms with E-state index in [2.05, 4.69) is 141 Å². The summed E-state index contributed by atoms with van der Waals surface area (Å²) in [4.78, 5) is 5.28. The molecule has 0 spiro atoms. The van der Waals surface area contributed by atoms with E-state index in [1.807, 2.05) is 18.2 Å². The highest BCUT2D eigenvalue weighted by atomic mass is 16.3. The minimum Gasteiger partial charge on any atom is -0.455 e. The number of hydrogen-bond acceptors (Lipinski definition) is 3. The Labute approximate surface area is 280 Å². The van der Waals surface area contributed by atoms with Gasteiger partial charge in [-0.3, -0.25) is 4.57 Å². The number of para-hydroxylation sites is 3. The van der Waals surface area contributed by atoms with E-state index < -0.39 is 0 Å². The molecule has 0 bridgehead atoms. The van der Waals surface area contributed by atoms with Gasteiger partial charge in [0, 0.05) is 10.8 Å². The van der Waals surface area contributed by atoms with Gasteiger partial charge in [0.2, 0.25) is 0 Å². The summed E-state index contributed by atoms with van der Waals surface area (Å²) in [6, 6.07) is 46.7. The van der Waals surface area contributed by atoms with Crippen molar-refractivity contribution >= 4 is 33.0 Å². The van der Waals surface area contributed by atoms with Gasteiger partial charge in [0.15, 0.2) is 0 Å². The van der Waals surface area contributed by atoms with Gasteiger partial charge in [-0.25, -0.2) is 4.98 Å². The van der Waals surface area contributed by atoms with E-state index in [0.29, 0.717) is 5.56 Å². The average Bonchev–Trinajstić information content (AvgIpc) is 3.69. The lowest BCUT2D eigenvalue weighted by atomic mass is 9.87. The van der Waals surface area contributed by atoms with Crippen LogP contribution in [0.1, 0.15) is 56.2 Å². The second-order valence-electron chi connectivity index (χ2n) is 13.1. The Morgan fingerprint density at radius 2 is 1.27 bits per heavy atom. The van der Waals surface area contributed by atoms with E-state index in [9.17, 15) is 5.26 Å². The first-order valence-corrected chi connectivity index (χ1v) is 16.6. The van der Waals surface area contributed by atoms with E-state index in [-0.39, 0.29) is 11.8 Å². The van der Waals surface area contributed by atoms with Crippen molar-refractivity contribution in [1.82, 2.24) is 9.55 Å². The van der Waals surface area contributed by atoms with Gasteiger partial charge in [-0.1, -0.05) is 107 Å². The van der Waals surface area contributed by atoms with Crippen LogP contribution in [-0.2, 0) is 0 Å². The number of benzene rings is 6. The molecule has 8 rings (SSSR count). The molecule has 4 nitrogen and oxygen atoms in total. The molecule has 0 N–H and O–H groups in total. The number of nitrogens with zero attached hydrogens (tertiary/aromatic N) is 3. The van der Waals surface area contributed by atoms with Crippen LogP contribution in [0.25, 0.3) is 72.3 Å². The van der Waals surface area contributed by atoms with Gasteiger partial charge in [0.25, 0.3) is 0 Å². The molecule has 2 aromatic heterocycles. The molecule has 6 aromatic carbocycles. The number of rotatable bonds is 6. The van der Waals surface area contributed by atoms with Crippen molar-refractivity contribution < 1.29 is 4.42 Å². The molecule has 0 amide bonds. The molecule has 0 atom stereocenters. The Bertz CT molecular complexity index is 2480. The maximum Gasteiger partial charge on any atom is 0.149 e. The lowest BCUT2D eigenvalue weighted by molar-refractivity contribution is 0.669. The van der Waals surface area contributed by atoms with Crippen molar-refractivity contribution in [3.63, 3.8) is 0 Å². The van der Waals surface area contributed by atoms with Crippen LogP contribution in [0, 0.1) is 11.3 Å². The molecule has 0 saturated carbocycles. The lowest BCUT2D eigenvalue weighted by Gasteiger charge is -2.24.